The van der Waals surface area contributed by atoms with Crippen LogP contribution in [0.15, 0.2) is 48.7 Å². The smallest absolute Gasteiger partial charge is 0.157 e. The van der Waals surface area contributed by atoms with Crippen LogP contribution in [0, 0.1) is 0 Å². The molecule has 0 spiro atoms. The average molecular weight is 307 g/mol. The second-order valence-corrected chi connectivity index (χ2v) is 5.78. The number of benzene rings is 2. The Hall–Kier alpha value is -1.69. The van der Waals surface area contributed by atoms with Crippen LogP contribution in [0.3, 0.4) is 0 Å². The molecule has 0 bridgehead atoms. The van der Waals surface area contributed by atoms with Crippen molar-refractivity contribution < 1.29 is 8.76 Å². The van der Waals surface area contributed by atoms with Crippen LogP contribution in [0.4, 0.5) is 0 Å². The van der Waals surface area contributed by atoms with Crippen LogP contribution in [0.25, 0.3) is 16.6 Å². The van der Waals surface area contributed by atoms with Gasteiger partial charge in [-0.2, -0.15) is 5.10 Å². The molecule has 1 atom stereocenters. The van der Waals surface area contributed by atoms with Gasteiger partial charge < -0.3 is 4.55 Å². The van der Waals surface area contributed by atoms with E-state index in [-0.39, 0.29) is 5.75 Å². The third kappa shape index (κ3) is 2.75. The molecule has 0 aliphatic rings. The lowest BCUT2D eigenvalue weighted by molar-refractivity contribution is 0.563. The summed E-state index contributed by atoms with van der Waals surface area (Å²) >= 11 is 4.02. The summed E-state index contributed by atoms with van der Waals surface area (Å²) in [7, 11) is 0. The van der Waals surface area contributed by atoms with Crippen LogP contribution >= 0.6 is 11.6 Å². The lowest BCUT2D eigenvalue weighted by Crippen LogP contribution is -1.94. The van der Waals surface area contributed by atoms with Crippen LogP contribution < -0.4 is 0 Å². The molecule has 102 valence electrons. The zero-order valence-electron chi connectivity index (χ0n) is 10.4. The van der Waals surface area contributed by atoms with Gasteiger partial charge in [0.15, 0.2) is 11.1 Å². The lowest BCUT2D eigenvalue weighted by Gasteiger charge is -1.99. The Morgan fingerprint density at radius 1 is 1.20 bits per heavy atom. The maximum atomic E-state index is 10.8. The van der Waals surface area contributed by atoms with Crippen LogP contribution in [0.1, 0.15) is 5.56 Å². The van der Waals surface area contributed by atoms with Crippen LogP contribution in [-0.2, 0) is 16.8 Å². The molecule has 20 heavy (non-hydrogen) atoms. The standard InChI is InChI=1S/C14H11ClN2O2S/c15-12-3-5-13(6-4-12)17-8-11-2-1-10(9-20(18)19)7-14(11)16-17/h1-8H,9H2,(H,18,19). The van der Waals surface area contributed by atoms with Crippen molar-refractivity contribution in [3.8, 4) is 5.69 Å². The summed E-state index contributed by atoms with van der Waals surface area (Å²) in [5.41, 5.74) is 2.50. The van der Waals surface area contributed by atoms with E-state index in [1.54, 1.807) is 4.68 Å². The molecular formula is C14H11ClN2O2S. The van der Waals surface area contributed by atoms with Crippen molar-refractivity contribution in [3.63, 3.8) is 0 Å². The molecule has 6 heteroatoms. The number of aromatic nitrogens is 2. The van der Waals surface area contributed by atoms with Gasteiger partial charge in [-0.3, -0.25) is 0 Å². The summed E-state index contributed by atoms with van der Waals surface area (Å²) in [5, 5.41) is 6.13. The second-order valence-electron chi connectivity index (χ2n) is 4.41. The molecule has 1 aromatic heterocycles. The highest BCUT2D eigenvalue weighted by Gasteiger charge is 2.05. The zero-order valence-corrected chi connectivity index (χ0v) is 11.9. The van der Waals surface area contributed by atoms with E-state index in [9.17, 15) is 4.21 Å². The minimum Gasteiger partial charge on any atom is -0.306 e. The lowest BCUT2D eigenvalue weighted by atomic mass is 10.2. The number of fused-ring (bicyclic) bond motifs is 1. The Labute approximate surface area is 123 Å². The number of hydrogen-bond donors (Lipinski definition) is 1. The molecule has 1 unspecified atom stereocenters. The topological polar surface area (TPSA) is 55.1 Å². The largest absolute Gasteiger partial charge is 0.306 e. The van der Waals surface area contributed by atoms with Gasteiger partial charge in [0.05, 0.1) is 17.0 Å². The third-order valence-electron chi connectivity index (χ3n) is 2.95. The van der Waals surface area contributed by atoms with Crippen molar-refractivity contribution >= 4 is 33.6 Å². The first-order valence-corrected chi connectivity index (χ1v) is 7.59. The van der Waals surface area contributed by atoms with E-state index in [1.165, 1.54) is 0 Å². The molecule has 0 amide bonds. The van der Waals surface area contributed by atoms with Gasteiger partial charge in [-0.1, -0.05) is 23.7 Å². The first kappa shape index (κ1) is 13.3. The van der Waals surface area contributed by atoms with Gasteiger partial charge in [0.2, 0.25) is 0 Å². The predicted octanol–water partition coefficient (Wildman–Crippen LogP) is 3.40. The molecule has 4 nitrogen and oxygen atoms in total. The first-order valence-electron chi connectivity index (χ1n) is 5.93. The Morgan fingerprint density at radius 2 is 1.95 bits per heavy atom. The fourth-order valence-electron chi connectivity index (χ4n) is 2.02. The van der Waals surface area contributed by atoms with Crippen molar-refractivity contribution in [2.45, 2.75) is 5.75 Å². The highest BCUT2D eigenvalue weighted by Crippen LogP contribution is 2.19. The molecule has 3 rings (SSSR count). The van der Waals surface area contributed by atoms with Gasteiger partial charge >= 0.3 is 0 Å². The Kier molecular flexibility index (Phi) is 3.56. The molecule has 0 fully saturated rings. The molecule has 0 aliphatic heterocycles. The van der Waals surface area contributed by atoms with E-state index in [4.69, 9.17) is 16.2 Å². The zero-order chi connectivity index (χ0) is 14.1. The molecule has 1 N–H and O–H groups in total. The summed E-state index contributed by atoms with van der Waals surface area (Å²) in [6.07, 6.45) is 1.91. The Bertz CT molecular complexity index is 783. The van der Waals surface area contributed by atoms with Crippen molar-refractivity contribution in [1.82, 2.24) is 9.78 Å². The van der Waals surface area contributed by atoms with Gasteiger partial charge in [-0.15, -0.1) is 0 Å². The van der Waals surface area contributed by atoms with Gasteiger partial charge in [-0.25, -0.2) is 8.89 Å². The predicted molar refractivity (Wildman–Crippen MR) is 80.6 cm³/mol. The summed E-state index contributed by atoms with van der Waals surface area (Å²) in [5.74, 6) is 0.115. The van der Waals surface area contributed by atoms with E-state index < -0.39 is 11.1 Å². The van der Waals surface area contributed by atoms with E-state index in [0.717, 1.165) is 22.2 Å². The third-order valence-corrected chi connectivity index (χ3v) is 3.79. The quantitative estimate of drug-likeness (QED) is 0.755. The number of halogens is 1. The van der Waals surface area contributed by atoms with Crippen LogP contribution in [0.2, 0.25) is 5.02 Å². The molecule has 0 saturated heterocycles. The summed E-state index contributed by atoms with van der Waals surface area (Å²) < 4.78 is 21.5. The molecular weight excluding hydrogens is 296 g/mol. The number of nitrogens with zero attached hydrogens (tertiary/aromatic N) is 2. The highest BCUT2D eigenvalue weighted by atomic mass is 35.5. The highest BCUT2D eigenvalue weighted by molar-refractivity contribution is 7.78. The molecule has 1 heterocycles. The van der Waals surface area contributed by atoms with Gasteiger partial charge in [0, 0.05) is 16.6 Å². The molecule has 0 aliphatic carbocycles. The first-order chi connectivity index (χ1) is 9.61. The average Bonchev–Trinajstić information content (AvgIpc) is 2.81. The Morgan fingerprint density at radius 3 is 2.65 bits per heavy atom. The van der Waals surface area contributed by atoms with E-state index in [1.807, 2.05) is 48.7 Å². The summed E-state index contributed by atoms with van der Waals surface area (Å²) in [6, 6.07) is 13.0. The van der Waals surface area contributed by atoms with Gasteiger partial charge in [0.1, 0.15) is 0 Å². The summed E-state index contributed by atoms with van der Waals surface area (Å²) in [4.78, 5) is 0. The molecule has 2 aromatic carbocycles. The fraction of sp³-hybridized carbons (Fsp3) is 0.0714. The number of rotatable bonds is 3. The van der Waals surface area contributed by atoms with Gasteiger partial charge in [0.25, 0.3) is 0 Å². The monoisotopic (exact) mass is 306 g/mol. The SMILES string of the molecule is O=S(O)Cc1ccc2cn(-c3ccc(Cl)cc3)nc2c1. The van der Waals surface area contributed by atoms with Crippen molar-refractivity contribution in [2.75, 3.05) is 0 Å². The van der Waals surface area contributed by atoms with E-state index in [0.29, 0.717) is 5.02 Å². The molecule has 0 radical (unpaired) electrons. The molecule has 0 saturated carbocycles. The van der Waals surface area contributed by atoms with Crippen molar-refractivity contribution in [2.24, 2.45) is 0 Å². The fourth-order valence-corrected chi connectivity index (χ4v) is 2.61. The van der Waals surface area contributed by atoms with Crippen LogP contribution in [-0.4, -0.2) is 18.5 Å². The molecule has 3 aromatic rings. The normalized spacial score (nSPS) is 12.7. The minimum atomic E-state index is -1.84. The van der Waals surface area contributed by atoms with E-state index >= 15 is 0 Å². The van der Waals surface area contributed by atoms with Crippen molar-refractivity contribution in [1.29, 1.82) is 0 Å². The maximum absolute atomic E-state index is 10.8. The number of hydrogen-bond acceptors (Lipinski definition) is 2. The van der Waals surface area contributed by atoms with E-state index in [2.05, 4.69) is 5.10 Å². The second kappa shape index (κ2) is 5.36. The van der Waals surface area contributed by atoms with Crippen molar-refractivity contribution in [3.05, 3.63) is 59.2 Å². The minimum absolute atomic E-state index is 0.115. The Balaban J connectivity index is 2.01. The van der Waals surface area contributed by atoms with Crippen LogP contribution in [0.5, 0.6) is 0 Å². The van der Waals surface area contributed by atoms with Gasteiger partial charge in [-0.05, 0) is 35.9 Å². The summed E-state index contributed by atoms with van der Waals surface area (Å²) in [6.45, 7) is 0. The maximum Gasteiger partial charge on any atom is 0.157 e.